The summed E-state index contributed by atoms with van der Waals surface area (Å²) < 4.78 is 7.52. The maximum absolute atomic E-state index is 12.6. The van der Waals surface area contributed by atoms with Crippen molar-refractivity contribution in [2.24, 2.45) is 5.92 Å². The van der Waals surface area contributed by atoms with Crippen LogP contribution >= 0.6 is 0 Å². The topological polar surface area (TPSA) is 56.2 Å². The van der Waals surface area contributed by atoms with Crippen molar-refractivity contribution in [3.8, 4) is 5.75 Å². The molecule has 2 aliphatic rings. The Morgan fingerprint density at radius 1 is 1.36 bits per heavy atom. The van der Waals surface area contributed by atoms with E-state index in [1.807, 2.05) is 35.0 Å². The van der Waals surface area contributed by atoms with Gasteiger partial charge in [-0.1, -0.05) is 18.2 Å². The van der Waals surface area contributed by atoms with E-state index in [9.17, 15) is 4.79 Å². The molecular formula is C17H19N3O2. The van der Waals surface area contributed by atoms with Crippen molar-refractivity contribution in [1.29, 1.82) is 0 Å². The minimum Gasteiger partial charge on any atom is -0.492 e. The molecule has 0 saturated heterocycles. The summed E-state index contributed by atoms with van der Waals surface area (Å²) in [6, 6.07) is 9.91. The maximum Gasteiger partial charge on any atom is 0.236 e. The molecule has 1 aromatic carbocycles. The van der Waals surface area contributed by atoms with E-state index < -0.39 is 0 Å². The number of hydrogen-bond acceptors (Lipinski definition) is 3. The third kappa shape index (κ3) is 2.26. The van der Waals surface area contributed by atoms with Crippen LogP contribution in [0.2, 0.25) is 0 Å². The van der Waals surface area contributed by atoms with Gasteiger partial charge < -0.3 is 10.1 Å². The zero-order valence-corrected chi connectivity index (χ0v) is 12.5. The van der Waals surface area contributed by atoms with Crippen molar-refractivity contribution in [3.05, 3.63) is 42.1 Å². The Morgan fingerprint density at radius 2 is 2.18 bits per heavy atom. The number of para-hydroxylation sites is 1. The molecule has 0 spiro atoms. The second kappa shape index (κ2) is 5.16. The standard InChI is InChI=1S/C17H19N3O2/c1-11(12-6-7-12)20-16(8-9-18-20)19-17(21)14-10-22-15-5-3-2-4-13(14)15/h2-5,8-9,11-12,14H,6-7,10H2,1H3,(H,19,21). The quantitative estimate of drug-likeness (QED) is 0.944. The van der Waals surface area contributed by atoms with E-state index >= 15 is 0 Å². The Hall–Kier alpha value is -2.30. The molecule has 22 heavy (non-hydrogen) atoms. The summed E-state index contributed by atoms with van der Waals surface area (Å²) in [6.45, 7) is 2.56. The highest BCUT2D eigenvalue weighted by Crippen LogP contribution is 2.40. The van der Waals surface area contributed by atoms with Gasteiger partial charge in [0.25, 0.3) is 0 Å². The first-order chi connectivity index (χ1) is 10.7. The average Bonchev–Trinajstić information content (AvgIpc) is 3.13. The van der Waals surface area contributed by atoms with E-state index in [4.69, 9.17) is 4.74 Å². The van der Waals surface area contributed by atoms with E-state index in [-0.39, 0.29) is 11.8 Å². The van der Waals surface area contributed by atoms with Gasteiger partial charge in [0, 0.05) is 11.6 Å². The minimum atomic E-state index is -0.254. The number of nitrogens with one attached hydrogen (secondary N) is 1. The summed E-state index contributed by atoms with van der Waals surface area (Å²) in [6.07, 6.45) is 4.24. The molecule has 1 aliphatic carbocycles. The highest BCUT2D eigenvalue weighted by molar-refractivity contribution is 5.96. The first-order valence-corrected chi connectivity index (χ1v) is 7.80. The first kappa shape index (κ1) is 13.4. The van der Waals surface area contributed by atoms with Gasteiger partial charge in [0.15, 0.2) is 0 Å². The van der Waals surface area contributed by atoms with Crippen molar-refractivity contribution in [1.82, 2.24) is 9.78 Å². The van der Waals surface area contributed by atoms with Crippen LogP contribution in [0.5, 0.6) is 5.75 Å². The molecule has 2 aromatic rings. The molecule has 1 aromatic heterocycles. The molecule has 1 N–H and O–H groups in total. The van der Waals surface area contributed by atoms with Gasteiger partial charge in [0.1, 0.15) is 24.1 Å². The van der Waals surface area contributed by atoms with Crippen LogP contribution in [-0.4, -0.2) is 22.3 Å². The van der Waals surface area contributed by atoms with Crippen LogP contribution in [0.15, 0.2) is 36.5 Å². The molecule has 2 heterocycles. The minimum absolute atomic E-state index is 0.0327. The van der Waals surface area contributed by atoms with Crippen LogP contribution in [0.4, 0.5) is 5.82 Å². The van der Waals surface area contributed by atoms with Gasteiger partial charge >= 0.3 is 0 Å². The van der Waals surface area contributed by atoms with Crippen LogP contribution in [0.3, 0.4) is 0 Å². The number of anilines is 1. The lowest BCUT2D eigenvalue weighted by Gasteiger charge is -2.16. The van der Waals surface area contributed by atoms with E-state index in [0.717, 1.165) is 17.1 Å². The second-order valence-corrected chi connectivity index (χ2v) is 6.13. The summed E-state index contributed by atoms with van der Waals surface area (Å²) in [5.74, 6) is 1.98. The number of carbonyl (C=O) groups excluding carboxylic acids is 1. The Morgan fingerprint density at radius 3 is 3.00 bits per heavy atom. The molecule has 1 saturated carbocycles. The van der Waals surface area contributed by atoms with Crippen LogP contribution in [0.25, 0.3) is 0 Å². The summed E-state index contributed by atoms with van der Waals surface area (Å²) in [5, 5.41) is 7.39. The second-order valence-electron chi connectivity index (χ2n) is 6.13. The van der Waals surface area contributed by atoms with Crippen LogP contribution in [-0.2, 0) is 4.79 Å². The summed E-state index contributed by atoms with van der Waals surface area (Å²) in [7, 11) is 0. The fraction of sp³-hybridized carbons (Fsp3) is 0.412. The summed E-state index contributed by atoms with van der Waals surface area (Å²) >= 11 is 0. The molecule has 2 atom stereocenters. The number of hydrogen-bond donors (Lipinski definition) is 1. The van der Waals surface area contributed by atoms with Gasteiger partial charge in [0.05, 0.1) is 12.2 Å². The largest absolute Gasteiger partial charge is 0.492 e. The van der Waals surface area contributed by atoms with Gasteiger partial charge in [-0.15, -0.1) is 0 Å². The number of ether oxygens (including phenoxy) is 1. The normalized spacial score (nSPS) is 21.0. The van der Waals surface area contributed by atoms with Crippen molar-refractivity contribution in [2.45, 2.75) is 31.7 Å². The third-order valence-electron chi connectivity index (χ3n) is 4.63. The van der Waals surface area contributed by atoms with Crippen molar-refractivity contribution in [3.63, 3.8) is 0 Å². The van der Waals surface area contributed by atoms with Gasteiger partial charge in [-0.25, -0.2) is 4.68 Å². The van der Waals surface area contributed by atoms with Crippen molar-refractivity contribution < 1.29 is 9.53 Å². The number of nitrogens with zero attached hydrogens (tertiary/aromatic N) is 2. The van der Waals surface area contributed by atoms with Crippen LogP contribution in [0, 0.1) is 5.92 Å². The summed E-state index contributed by atoms with van der Waals surface area (Å²) in [5.41, 5.74) is 0.960. The number of benzene rings is 1. The lowest BCUT2D eigenvalue weighted by molar-refractivity contribution is -0.117. The van der Waals surface area contributed by atoms with E-state index in [1.54, 1.807) is 6.20 Å². The highest BCUT2D eigenvalue weighted by atomic mass is 16.5. The zero-order valence-electron chi connectivity index (χ0n) is 12.5. The zero-order chi connectivity index (χ0) is 15.1. The molecule has 114 valence electrons. The lowest BCUT2D eigenvalue weighted by Crippen LogP contribution is -2.24. The molecule has 1 aliphatic heterocycles. The van der Waals surface area contributed by atoms with E-state index in [2.05, 4.69) is 17.3 Å². The fourth-order valence-electron chi connectivity index (χ4n) is 3.11. The Kier molecular flexibility index (Phi) is 3.13. The molecular weight excluding hydrogens is 278 g/mol. The predicted octanol–water partition coefficient (Wildman–Crippen LogP) is 2.97. The monoisotopic (exact) mass is 297 g/mol. The SMILES string of the molecule is CC(C1CC1)n1nccc1NC(=O)C1COc2ccccc21. The van der Waals surface area contributed by atoms with Crippen LogP contribution in [0.1, 0.15) is 37.3 Å². The number of rotatable bonds is 4. The van der Waals surface area contributed by atoms with Gasteiger partial charge in [-0.2, -0.15) is 5.10 Å². The molecule has 5 nitrogen and oxygen atoms in total. The lowest BCUT2D eigenvalue weighted by atomic mass is 10.0. The molecule has 4 rings (SSSR count). The van der Waals surface area contributed by atoms with Gasteiger partial charge in [-0.3, -0.25) is 4.79 Å². The molecule has 1 fully saturated rings. The molecule has 0 radical (unpaired) electrons. The predicted molar refractivity (Wildman–Crippen MR) is 83.0 cm³/mol. The van der Waals surface area contributed by atoms with Crippen molar-refractivity contribution >= 4 is 11.7 Å². The Balaban J connectivity index is 1.53. The Bertz CT molecular complexity index is 705. The molecule has 5 heteroatoms. The van der Waals surface area contributed by atoms with E-state index in [0.29, 0.717) is 18.6 Å². The molecule has 0 bridgehead atoms. The highest BCUT2D eigenvalue weighted by Gasteiger charge is 2.33. The van der Waals surface area contributed by atoms with Crippen molar-refractivity contribution in [2.75, 3.05) is 11.9 Å². The number of fused-ring (bicyclic) bond motifs is 1. The number of aromatic nitrogens is 2. The first-order valence-electron chi connectivity index (χ1n) is 7.80. The van der Waals surface area contributed by atoms with Crippen LogP contribution < -0.4 is 10.1 Å². The number of amides is 1. The third-order valence-corrected chi connectivity index (χ3v) is 4.63. The number of carbonyl (C=O) groups is 1. The van der Waals surface area contributed by atoms with Gasteiger partial charge in [0.2, 0.25) is 5.91 Å². The summed E-state index contributed by atoms with van der Waals surface area (Å²) in [4.78, 5) is 12.6. The Labute approximate surface area is 129 Å². The smallest absolute Gasteiger partial charge is 0.236 e. The maximum atomic E-state index is 12.6. The molecule has 2 unspecified atom stereocenters. The fourth-order valence-corrected chi connectivity index (χ4v) is 3.11. The van der Waals surface area contributed by atoms with Gasteiger partial charge in [-0.05, 0) is 31.7 Å². The van der Waals surface area contributed by atoms with E-state index in [1.165, 1.54) is 12.8 Å². The average molecular weight is 297 g/mol. The molecule has 1 amide bonds.